The average Bonchev–Trinajstić information content (AvgIpc) is 3.04. The van der Waals surface area contributed by atoms with Crippen LogP contribution >= 0.6 is 11.6 Å². The molecule has 0 spiro atoms. The van der Waals surface area contributed by atoms with Crippen LogP contribution < -0.4 is 5.32 Å². The third-order valence-corrected chi connectivity index (χ3v) is 3.65. The van der Waals surface area contributed by atoms with Crippen LogP contribution in [0.2, 0.25) is 5.02 Å². The predicted octanol–water partition coefficient (Wildman–Crippen LogP) is 3.46. The Morgan fingerprint density at radius 3 is 2.54 bits per heavy atom. The minimum atomic E-state index is -0.324. The third kappa shape index (κ3) is 5.38. The Morgan fingerprint density at radius 1 is 1.25 bits per heavy atom. The number of hydrogen-bond acceptors (Lipinski definition) is 4. The van der Waals surface area contributed by atoms with Crippen molar-refractivity contribution in [1.29, 1.82) is 0 Å². The van der Waals surface area contributed by atoms with Crippen LogP contribution in [0.5, 0.6) is 0 Å². The first-order chi connectivity index (χ1) is 11.5. The van der Waals surface area contributed by atoms with Gasteiger partial charge in [0.1, 0.15) is 12.8 Å². The fourth-order valence-electron chi connectivity index (χ4n) is 2.07. The summed E-state index contributed by atoms with van der Waals surface area (Å²) in [5.41, 5.74) is 0.498. The molecular formula is C17H20ClN3O3. The lowest BCUT2D eigenvalue weighted by Crippen LogP contribution is -2.39. The molecule has 128 valence electrons. The molecule has 0 unspecified atom stereocenters. The topological polar surface area (TPSA) is 75.4 Å². The molecule has 7 heteroatoms. The van der Waals surface area contributed by atoms with E-state index in [1.807, 2.05) is 0 Å². The first kappa shape index (κ1) is 18.0. The van der Waals surface area contributed by atoms with Crippen LogP contribution in [0, 0.1) is 5.92 Å². The highest BCUT2D eigenvalue weighted by Gasteiger charge is 2.19. The summed E-state index contributed by atoms with van der Waals surface area (Å²) >= 11 is 5.86. The molecule has 0 aliphatic heterocycles. The normalized spacial score (nSPS) is 10.7. The van der Waals surface area contributed by atoms with Crippen molar-refractivity contribution in [3.63, 3.8) is 0 Å². The number of rotatable bonds is 7. The molecule has 1 aromatic heterocycles. The Labute approximate surface area is 145 Å². The van der Waals surface area contributed by atoms with Crippen molar-refractivity contribution in [2.24, 2.45) is 5.92 Å². The fourth-order valence-corrected chi connectivity index (χ4v) is 2.20. The zero-order valence-corrected chi connectivity index (χ0v) is 14.4. The van der Waals surface area contributed by atoms with Gasteiger partial charge in [0.2, 0.25) is 5.91 Å². The fraction of sp³-hybridized carbons (Fsp3) is 0.353. The van der Waals surface area contributed by atoms with Crippen molar-refractivity contribution in [3.8, 4) is 0 Å². The quantitative estimate of drug-likeness (QED) is 0.830. The highest BCUT2D eigenvalue weighted by molar-refractivity contribution is 6.30. The SMILES string of the molecule is CC(C)CCN(CC(=O)Nc1ccon1)C(=O)c1ccc(Cl)cc1. The van der Waals surface area contributed by atoms with Crippen LogP contribution in [0.3, 0.4) is 0 Å². The molecule has 2 rings (SSSR count). The summed E-state index contributed by atoms with van der Waals surface area (Å²) in [5.74, 6) is 0.212. The number of hydrogen-bond donors (Lipinski definition) is 1. The summed E-state index contributed by atoms with van der Waals surface area (Å²) in [7, 11) is 0. The Bertz CT molecular complexity index is 669. The number of aromatic nitrogens is 1. The van der Waals surface area contributed by atoms with E-state index >= 15 is 0 Å². The van der Waals surface area contributed by atoms with Gasteiger partial charge in [-0.15, -0.1) is 0 Å². The van der Waals surface area contributed by atoms with E-state index in [0.717, 1.165) is 6.42 Å². The summed E-state index contributed by atoms with van der Waals surface area (Å²) in [6.45, 7) is 4.58. The maximum atomic E-state index is 12.7. The summed E-state index contributed by atoms with van der Waals surface area (Å²) in [4.78, 5) is 26.3. The van der Waals surface area contributed by atoms with Crippen molar-refractivity contribution in [3.05, 3.63) is 47.2 Å². The lowest BCUT2D eigenvalue weighted by Gasteiger charge is -2.23. The molecule has 0 fully saturated rings. The van der Waals surface area contributed by atoms with Gasteiger partial charge in [-0.2, -0.15) is 0 Å². The van der Waals surface area contributed by atoms with Gasteiger partial charge >= 0.3 is 0 Å². The van der Waals surface area contributed by atoms with Gasteiger partial charge in [0.05, 0.1) is 0 Å². The van der Waals surface area contributed by atoms with E-state index in [4.69, 9.17) is 11.6 Å². The highest BCUT2D eigenvalue weighted by atomic mass is 35.5. The van der Waals surface area contributed by atoms with Gasteiger partial charge in [0.25, 0.3) is 5.91 Å². The monoisotopic (exact) mass is 349 g/mol. The molecule has 0 saturated carbocycles. The minimum absolute atomic E-state index is 0.0545. The van der Waals surface area contributed by atoms with Gasteiger partial charge in [-0.1, -0.05) is 30.6 Å². The van der Waals surface area contributed by atoms with E-state index < -0.39 is 0 Å². The van der Waals surface area contributed by atoms with Crippen LogP contribution in [0.4, 0.5) is 5.82 Å². The molecule has 0 saturated heterocycles. The van der Waals surface area contributed by atoms with Crippen molar-refractivity contribution in [2.45, 2.75) is 20.3 Å². The van der Waals surface area contributed by atoms with Crippen LogP contribution in [0.25, 0.3) is 0 Å². The van der Waals surface area contributed by atoms with E-state index in [2.05, 4.69) is 28.8 Å². The first-order valence-electron chi connectivity index (χ1n) is 7.71. The molecular weight excluding hydrogens is 330 g/mol. The second kappa shape index (κ2) is 8.49. The standard InChI is InChI=1S/C17H20ClN3O3/c1-12(2)7-9-21(11-16(22)19-15-8-10-24-20-15)17(23)13-3-5-14(18)6-4-13/h3-6,8,10,12H,7,9,11H2,1-2H3,(H,19,20,22). The summed E-state index contributed by atoms with van der Waals surface area (Å²) in [6.07, 6.45) is 2.17. The molecule has 1 N–H and O–H groups in total. The number of halogens is 1. The largest absolute Gasteiger partial charge is 0.363 e. The van der Waals surface area contributed by atoms with Crippen LogP contribution in [0.1, 0.15) is 30.6 Å². The van der Waals surface area contributed by atoms with Gasteiger partial charge < -0.3 is 14.7 Å². The van der Waals surface area contributed by atoms with Gasteiger partial charge in [-0.25, -0.2) is 0 Å². The predicted molar refractivity (Wildman–Crippen MR) is 91.9 cm³/mol. The van der Waals surface area contributed by atoms with Crippen molar-refractivity contribution in [2.75, 3.05) is 18.4 Å². The Hall–Kier alpha value is -2.34. The van der Waals surface area contributed by atoms with Crippen LogP contribution in [-0.4, -0.2) is 35.0 Å². The maximum absolute atomic E-state index is 12.7. The maximum Gasteiger partial charge on any atom is 0.254 e. The zero-order chi connectivity index (χ0) is 17.5. The second-order valence-corrected chi connectivity index (χ2v) is 6.29. The zero-order valence-electron chi connectivity index (χ0n) is 13.7. The van der Waals surface area contributed by atoms with Crippen LogP contribution in [-0.2, 0) is 4.79 Å². The molecule has 0 radical (unpaired) electrons. The van der Waals surface area contributed by atoms with Gasteiger partial charge in [0.15, 0.2) is 5.82 Å². The van der Waals surface area contributed by atoms with Crippen molar-refractivity contribution in [1.82, 2.24) is 10.1 Å². The van der Waals surface area contributed by atoms with Crippen molar-refractivity contribution >= 4 is 29.2 Å². The Morgan fingerprint density at radius 2 is 1.96 bits per heavy atom. The summed E-state index contributed by atoms with van der Waals surface area (Å²) < 4.78 is 4.67. The number of carbonyl (C=O) groups excluding carboxylic acids is 2. The lowest BCUT2D eigenvalue weighted by atomic mass is 10.1. The first-order valence-corrected chi connectivity index (χ1v) is 8.08. The number of carbonyl (C=O) groups is 2. The molecule has 6 nitrogen and oxygen atoms in total. The molecule has 2 aromatic rings. The molecule has 0 bridgehead atoms. The number of amides is 2. The van der Waals surface area contributed by atoms with E-state index in [0.29, 0.717) is 28.9 Å². The van der Waals surface area contributed by atoms with Gasteiger partial charge in [-0.05, 0) is 36.6 Å². The molecule has 2 amide bonds. The van der Waals surface area contributed by atoms with Crippen molar-refractivity contribution < 1.29 is 14.1 Å². The lowest BCUT2D eigenvalue weighted by molar-refractivity contribution is -0.117. The van der Waals surface area contributed by atoms with E-state index in [1.54, 1.807) is 24.3 Å². The number of nitrogens with one attached hydrogen (secondary N) is 1. The van der Waals surface area contributed by atoms with Crippen LogP contribution in [0.15, 0.2) is 41.1 Å². The Kier molecular flexibility index (Phi) is 6.37. The molecule has 24 heavy (non-hydrogen) atoms. The smallest absolute Gasteiger partial charge is 0.254 e. The van der Waals surface area contributed by atoms with Gasteiger partial charge in [0, 0.05) is 23.2 Å². The Balaban J connectivity index is 2.06. The van der Waals surface area contributed by atoms with E-state index in [1.165, 1.54) is 17.2 Å². The number of anilines is 1. The summed E-state index contributed by atoms with van der Waals surface area (Å²) in [5, 5.41) is 6.78. The molecule has 1 aromatic carbocycles. The molecule has 1 heterocycles. The number of benzene rings is 1. The number of nitrogens with zero attached hydrogens (tertiary/aromatic N) is 2. The molecule has 0 aliphatic rings. The molecule has 0 aliphatic carbocycles. The summed E-state index contributed by atoms with van der Waals surface area (Å²) in [6, 6.07) is 8.16. The van der Waals surface area contributed by atoms with E-state index in [9.17, 15) is 9.59 Å². The van der Waals surface area contributed by atoms with Gasteiger partial charge in [-0.3, -0.25) is 9.59 Å². The minimum Gasteiger partial charge on any atom is -0.363 e. The molecule has 0 atom stereocenters. The third-order valence-electron chi connectivity index (χ3n) is 3.39. The average molecular weight is 350 g/mol. The second-order valence-electron chi connectivity index (χ2n) is 5.85. The van der Waals surface area contributed by atoms with E-state index in [-0.39, 0.29) is 18.4 Å². The highest BCUT2D eigenvalue weighted by Crippen LogP contribution is 2.13.